The summed E-state index contributed by atoms with van der Waals surface area (Å²) in [4.78, 5) is 13.7. The van der Waals surface area contributed by atoms with E-state index >= 15 is 0 Å². The van der Waals surface area contributed by atoms with E-state index in [0.29, 0.717) is 0 Å². The van der Waals surface area contributed by atoms with Gasteiger partial charge in [0.15, 0.2) is 0 Å². The van der Waals surface area contributed by atoms with Gasteiger partial charge in [-0.15, -0.1) is 0 Å². The number of nitrogens with zero attached hydrogens (tertiary/aromatic N) is 2. The molecular formula is C14H14ClFN2O. The maximum atomic E-state index is 13.8. The van der Waals surface area contributed by atoms with Crippen LogP contribution in [0.1, 0.15) is 30.7 Å². The van der Waals surface area contributed by atoms with Crippen molar-refractivity contribution in [2.75, 3.05) is 13.1 Å². The molecule has 1 aromatic carbocycles. The summed E-state index contributed by atoms with van der Waals surface area (Å²) in [6, 6.07) is 6.25. The number of carbonyl (C=O) groups excluding carboxylic acids is 1. The summed E-state index contributed by atoms with van der Waals surface area (Å²) in [5.41, 5.74) is 0.124. The van der Waals surface area contributed by atoms with Gasteiger partial charge in [-0.2, -0.15) is 5.26 Å². The highest BCUT2D eigenvalue weighted by Gasteiger charge is 2.25. The first-order valence-corrected chi connectivity index (χ1v) is 6.62. The Hall–Kier alpha value is -1.60. The van der Waals surface area contributed by atoms with Crippen LogP contribution in [0.2, 0.25) is 5.02 Å². The van der Waals surface area contributed by atoms with Crippen LogP contribution >= 0.6 is 11.6 Å². The maximum Gasteiger partial charge on any atom is 0.224 e. The van der Waals surface area contributed by atoms with E-state index in [1.165, 1.54) is 18.2 Å². The van der Waals surface area contributed by atoms with E-state index in [-0.39, 0.29) is 22.9 Å². The zero-order chi connectivity index (χ0) is 13.8. The SMILES string of the molecule is N#CC(CC(=O)N1CCCC1)c1c(F)cccc1Cl. The zero-order valence-corrected chi connectivity index (χ0v) is 11.2. The smallest absolute Gasteiger partial charge is 0.224 e. The van der Waals surface area contributed by atoms with Crippen molar-refractivity contribution in [2.24, 2.45) is 0 Å². The number of likely N-dealkylation sites (tertiary alicyclic amines) is 1. The first-order chi connectivity index (χ1) is 9.13. The Morgan fingerprint density at radius 1 is 1.47 bits per heavy atom. The van der Waals surface area contributed by atoms with E-state index in [2.05, 4.69) is 0 Å². The molecule has 100 valence electrons. The summed E-state index contributed by atoms with van der Waals surface area (Å²) in [5, 5.41) is 9.37. The van der Waals surface area contributed by atoms with Crippen LogP contribution in [0, 0.1) is 17.1 Å². The molecule has 0 N–H and O–H groups in total. The average molecular weight is 281 g/mol. The molecule has 0 saturated carbocycles. The largest absolute Gasteiger partial charge is 0.343 e. The summed E-state index contributed by atoms with van der Waals surface area (Å²) >= 11 is 5.93. The molecule has 0 spiro atoms. The highest BCUT2D eigenvalue weighted by Crippen LogP contribution is 2.30. The Morgan fingerprint density at radius 2 is 2.16 bits per heavy atom. The number of amides is 1. The van der Waals surface area contributed by atoms with Crippen LogP contribution in [0.15, 0.2) is 18.2 Å². The number of hydrogen-bond acceptors (Lipinski definition) is 2. The summed E-state index contributed by atoms with van der Waals surface area (Å²) in [7, 11) is 0. The minimum absolute atomic E-state index is 0.0167. The predicted molar refractivity (Wildman–Crippen MR) is 70.2 cm³/mol. The van der Waals surface area contributed by atoms with Gasteiger partial charge in [-0.3, -0.25) is 4.79 Å². The molecule has 1 amide bonds. The van der Waals surface area contributed by atoms with Crippen LogP contribution in [0.3, 0.4) is 0 Å². The van der Waals surface area contributed by atoms with Crippen molar-refractivity contribution >= 4 is 17.5 Å². The predicted octanol–water partition coefficient (Wildman–Crippen LogP) is 3.10. The van der Waals surface area contributed by atoms with Gasteiger partial charge in [-0.05, 0) is 25.0 Å². The lowest BCUT2D eigenvalue weighted by molar-refractivity contribution is -0.130. The van der Waals surface area contributed by atoms with Gasteiger partial charge in [0.2, 0.25) is 5.91 Å². The van der Waals surface area contributed by atoms with Gasteiger partial charge >= 0.3 is 0 Å². The lowest BCUT2D eigenvalue weighted by atomic mass is 9.96. The number of halogens is 2. The van der Waals surface area contributed by atoms with Gasteiger partial charge in [0.05, 0.1) is 12.0 Å². The average Bonchev–Trinajstić information content (AvgIpc) is 2.91. The fraction of sp³-hybridized carbons (Fsp3) is 0.429. The third-order valence-corrected chi connectivity index (χ3v) is 3.67. The molecule has 1 aromatic rings. The number of benzene rings is 1. The van der Waals surface area contributed by atoms with Gasteiger partial charge in [0.25, 0.3) is 0 Å². The Balaban J connectivity index is 2.16. The normalized spacial score (nSPS) is 16.2. The molecule has 1 fully saturated rings. The molecule has 2 rings (SSSR count). The molecule has 0 bridgehead atoms. The third-order valence-electron chi connectivity index (χ3n) is 3.34. The number of carbonyl (C=O) groups is 1. The summed E-state index contributed by atoms with van der Waals surface area (Å²) in [6.45, 7) is 1.45. The van der Waals surface area contributed by atoms with Gasteiger partial charge in [-0.25, -0.2) is 4.39 Å². The zero-order valence-electron chi connectivity index (χ0n) is 10.4. The molecule has 1 unspecified atom stereocenters. The fourth-order valence-electron chi connectivity index (χ4n) is 2.33. The lowest BCUT2D eigenvalue weighted by Gasteiger charge is -2.18. The highest BCUT2D eigenvalue weighted by molar-refractivity contribution is 6.31. The topological polar surface area (TPSA) is 44.1 Å². The van der Waals surface area contributed by atoms with Crippen LogP contribution in [-0.4, -0.2) is 23.9 Å². The van der Waals surface area contributed by atoms with Crippen LogP contribution in [0.4, 0.5) is 4.39 Å². The second kappa shape index (κ2) is 6.03. The lowest BCUT2D eigenvalue weighted by Crippen LogP contribution is -2.28. The first kappa shape index (κ1) is 13.8. The standard InChI is InChI=1S/C14H14ClFN2O/c15-11-4-3-5-12(16)14(11)10(9-17)8-13(19)18-6-1-2-7-18/h3-5,10H,1-2,6-8H2. The van der Waals surface area contributed by atoms with Crippen LogP contribution in [-0.2, 0) is 4.79 Å². The monoisotopic (exact) mass is 280 g/mol. The van der Waals surface area contributed by atoms with E-state index < -0.39 is 11.7 Å². The Bertz CT molecular complexity index is 500. The first-order valence-electron chi connectivity index (χ1n) is 6.24. The van der Waals surface area contributed by atoms with E-state index in [9.17, 15) is 14.4 Å². The molecule has 1 saturated heterocycles. The molecule has 19 heavy (non-hydrogen) atoms. The van der Waals surface area contributed by atoms with Crippen LogP contribution in [0.5, 0.6) is 0 Å². The van der Waals surface area contributed by atoms with Crippen molar-refractivity contribution in [1.82, 2.24) is 4.90 Å². The second-order valence-corrected chi connectivity index (χ2v) is 5.02. The van der Waals surface area contributed by atoms with Crippen molar-refractivity contribution in [3.8, 4) is 6.07 Å². The molecule has 0 radical (unpaired) electrons. The number of rotatable bonds is 3. The van der Waals surface area contributed by atoms with Crippen LogP contribution in [0.25, 0.3) is 0 Å². The van der Waals surface area contributed by atoms with Gasteiger partial charge in [-0.1, -0.05) is 17.7 Å². The molecule has 1 atom stereocenters. The molecular weight excluding hydrogens is 267 g/mol. The summed E-state index contributed by atoms with van der Waals surface area (Å²) in [6.07, 6.45) is 1.96. The van der Waals surface area contributed by atoms with Gasteiger partial charge in [0, 0.05) is 30.1 Å². The molecule has 0 aromatic heterocycles. The molecule has 0 aliphatic carbocycles. The Kier molecular flexibility index (Phi) is 4.39. The van der Waals surface area contributed by atoms with Gasteiger partial charge in [0.1, 0.15) is 5.82 Å². The number of hydrogen-bond donors (Lipinski definition) is 0. The summed E-state index contributed by atoms with van der Waals surface area (Å²) in [5.74, 6) is -1.47. The van der Waals surface area contributed by atoms with Crippen molar-refractivity contribution in [3.05, 3.63) is 34.6 Å². The van der Waals surface area contributed by atoms with Crippen molar-refractivity contribution < 1.29 is 9.18 Å². The minimum Gasteiger partial charge on any atom is -0.343 e. The molecule has 5 heteroatoms. The fourth-order valence-corrected chi connectivity index (χ4v) is 2.62. The van der Waals surface area contributed by atoms with E-state index in [0.717, 1.165) is 25.9 Å². The Labute approximate surface area is 116 Å². The van der Waals surface area contributed by atoms with E-state index in [4.69, 9.17) is 11.6 Å². The third kappa shape index (κ3) is 3.05. The van der Waals surface area contributed by atoms with Crippen molar-refractivity contribution in [2.45, 2.75) is 25.2 Å². The van der Waals surface area contributed by atoms with Crippen LogP contribution < -0.4 is 0 Å². The number of nitriles is 1. The molecule has 3 nitrogen and oxygen atoms in total. The molecule has 1 aliphatic rings. The molecule has 1 aliphatic heterocycles. The second-order valence-electron chi connectivity index (χ2n) is 4.61. The van der Waals surface area contributed by atoms with Crippen molar-refractivity contribution in [1.29, 1.82) is 5.26 Å². The van der Waals surface area contributed by atoms with E-state index in [1.54, 1.807) is 4.90 Å². The minimum atomic E-state index is -0.832. The Morgan fingerprint density at radius 3 is 2.74 bits per heavy atom. The quantitative estimate of drug-likeness (QED) is 0.854. The maximum absolute atomic E-state index is 13.8. The van der Waals surface area contributed by atoms with Crippen molar-refractivity contribution in [3.63, 3.8) is 0 Å². The molecule has 1 heterocycles. The van der Waals surface area contributed by atoms with E-state index in [1.807, 2.05) is 6.07 Å². The highest BCUT2D eigenvalue weighted by atomic mass is 35.5. The summed E-state index contributed by atoms with van der Waals surface area (Å²) < 4.78 is 13.8. The van der Waals surface area contributed by atoms with Gasteiger partial charge < -0.3 is 4.90 Å².